The van der Waals surface area contributed by atoms with Crippen LogP contribution in [0.3, 0.4) is 0 Å². The van der Waals surface area contributed by atoms with Gasteiger partial charge in [0.2, 0.25) is 5.91 Å². The molecule has 2 aromatic rings. The predicted molar refractivity (Wildman–Crippen MR) is 103 cm³/mol. The second-order valence-corrected chi connectivity index (χ2v) is 7.94. The molecule has 0 bridgehead atoms. The molecule has 0 aliphatic heterocycles. The molecule has 0 unspecified atom stereocenters. The molecule has 1 N–H and O–H groups in total. The Morgan fingerprint density at radius 1 is 1.35 bits per heavy atom. The lowest BCUT2D eigenvalue weighted by Crippen LogP contribution is -2.34. The van der Waals surface area contributed by atoms with Crippen molar-refractivity contribution in [1.82, 2.24) is 15.3 Å². The number of thiazole rings is 1. The van der Waals surface area contributed by atoms with E-state index in [1.165, 1.54) is 0 Å². The molecule has 0 radical (unpaired) electrons. The lowest BCUT2D eigenvalue weighted by molar-refractivity contribution is -0.126. The van der Waals surface area contributed by atoms with Gasteiger partial charge in [-0.1, -0.05) is 6.42 Å². The Morgan fingerprint density at radius 2 is 2.27 bits per heavy atom. The first-order valence-electron chi connectivity index (χ1n) is 9.44. The highest BCUT2D eigenvalue weighted by molar-refractivity contribution is 7.09. The van der Waals surface area contributed by atoms with Gasteiger partial charge in [-0.25, -0.2) is 4.98 Å². The largest absolute Gasteiger partial charge is 0.356 e. The van der Waals surface area contributed by atoms with Crippen LogP contribution in [0.1, 0.15) is 43.5 Å². The number of alkyl halides is 1. The van der Waals surface area contributed by atoms with E-state index in [2.05, 4.69) is 20.7 Å². The van der Waals surface area contributed by atoms with E-state index < -0.39 is 0 Å². The second kappa shape index (κ2) is 9.76. The van der Waals surface area contributed by atoms with Crippen LogP contribution in [0, 0.1) is 11.8 Å². The second-order valence-electron chi connectivity index (χ2n) is 7.00. The SMILES string of the molecule is O=C(NCCCCc1nc(-c2cccnc2)cs1)[C@H]1CCC[C@@H](CF)C1. The van der Waals surface area contributed by atoms with E-state index in [-0.39, 0.29) is 24.4 Å². The van der Waals surface area contributed by atoms with E-state index in [4.69, 9.17) is 0 Å². The van der Waals surface area contributed by atoms with Gasteiger partial charge in [0, 0.05) is 35.8 Å². The number of aromatic nitrogens is 2. The van der Waals surface area contributed by atoms with Gasteiger partial charge < -0.3 is 5.32 Å². The molecule has 1 amide bonds. The molecular formula is C20H26FN3OS. The van der Waals surface area contributed by atoms with Gasteiger partial charge >= 0.3 is 0 Å². The fourth-order valence-electron chi connectivity index (χ4n) is 3.50. The van der Waals surface area contributed by atoms with Crippen molar-refractivity contribution in [3.8, 4) is 11.3 Å². The van der Waals surface area contributed by atoms with Gasteiger partial charge in [0.25, 0.3) is 0 Å². The maximum absolute atomic E-state index is 12.8. The zero-order valence-corrected chi connectivity index (χ0v) is 15.8. The molecule has 1 fully saturated rings. The molecule has 2 heterocycles. The lowest BCUT2D eigenvalue weighted by Gasteiger charge is -2.26. The van der Waals surface area contributed by atoms with Crippen molar-refractivity contribution in [1.29, 1.82) is 0 Å². The fraction of sp³-hybridized carbons (Fsp3) is 0.550. The fourth-order valence-corrected chi connectivity index (χ4v) is 4.35. The number of carbonyl (C=O) groups is 1. The molecule has 140 valence electrons. The van der Waals surface area contributed by atoms with E-state index >= 15 is 0 Å². The van der Waals surface area contributed by atoms with Crippen LogP contribution in [0.2, 0.25) is 0 Å². The first-order chi connectivity index (χ1) is 12.8. The number of amides is 1. The number of rotatable bonds is 8. The van der Waals surface area contributed by atoms with Crippen LogP contribution >= 0.6 is 11.3 Å². The first-order valence-corrected chi connectivity index (χ1v) is 10.3. The van der Waals surface area contributed by atoms with E-state index in [1.54, 1.807) is 17.5 Å². The molecule has 1 aliphatic rings. The smallest absolute Gasteiger partial charge is 0.223 e. The van der Waals surface area contributed by atoms with Crippen molar-refractivity contribution in [2.24, 2.45) is 11.8 Å². The number of hydrogen-bond acceptors (Lipinski definition) is 4. The van der Waals surface area contributed by atoms with Gasteiger partial charge in [-0.2, -0.15) is 0 Å². The summed E-state index contributed by atoms with van der Waals surface area (Å²) >= 11 is 1.67. The van der Waals surface area contributed by atoms with Crippen molar-refractivity contribution in [2.45, 2.75) is 44.9 Å². The minimum atomic E-state index is -0.293. The molecule has 2 aromatic heterocycles. The summed E-state index contributed by atoms with van der Waals surface area (Å²) in [7, 11) is 0. The molecule has 4 nitrogen and oxygen atoms in total. The van der Waals surface area contributed by atoms with Gasteiger partial charge in [-0.05, 0) is 56.6 Å². The highest BCUT2D eigenvalue weighted by Gasteiger charge is 2.26. The minimum absolute atomic E-state index is 0.00510. The van der Waals surface area contributed by atoms with Gasteiger partial charge in [0.1, 0.15) is 0 Å². The number of halogens is 1. The van der Waals surface area contributed by atoms with Crippen LogP contribution in [-0.4, -0.2) is 29.1 Å². The quantitative estimate of drug-likeness (QED) is 0.695. The number of carbonyl (C=O) groups excluding carboxylic acids is 1. The summed E-state index contributed by atoms with van der Waals surface area (Å²) in [4.78, 5) is 21.0. The number of pyridine rings is 1. The molecule has 0 saturated heterocycles. The summed E-state index contributed by atoms with van der Waals surface area (Å²) in [5.74, 6) is 0.195. The normalized spacial score (nSPS) is 20.0. The molecule has 26 heavy (non-hydrogen) atoms. The zero-order valence-electron chi connectivity index (χ0n) is 15.0. The summed E-state index contributed by atoms with van der Waals surface area (Å²) in [5.41, 5.74) is 2.02. The third-order valence-corrected chi connectivity index (χ3v) is 5.91. The van der Waals surface area contributed by atoms with Crippen molar-refractivity contribution in [2.75, 3.05) is 13.2 Å². The summed E-state index contributed by atoms with van der Waals surface area (Å²) in [5, 5.41) is 6.21. The van der Waals surface area contributed by atoms with Gasteiger partial charge in [-0.3, -0.25) is 14.2 Å². The van der Waals surface area contributed by atoms with Gasteiger partial charge in [-0.15, -0.1) is 11.3 Å². The average molecular weight is 376 g/mol. The standard InChI is InChI=1S/C20H26FN3OS/c21-12-15-5-3-6-16(11-15)20(25)23-10-2-1-8-19-24-18(14-26-19)17-7-4-9-22-13-17/h4,7,9,13-16H,1-3,5-6,8,10-12H2,(H,23,25)/t15-,16+/m1/s1. The van der Waals surface area contributed by atoms with Crippen LogP contribution in [-0.2, 0) is 11.2 Å². The third kappa shape index (κ3) is 5.34. The summed E-state index contributed by atoms with van der Waals surface area (Å²) in [6, 6.07) is 3.93. The minimum Gasteiger partial charge on any atom is -0.356 e. The number of unbranched alkanes of at least 4 members (excludes halogenated alkanes) is 1. The van der Waals surface area contributed by atoms with E-state index in [1.807, 2.05) is 18.3 Å². The zero-order chi connectivity index (χ0) is 18.2. The van der Waals surface area contributed by atoms with Crippen molar-refractivity contribution in [3.05, 3.63) is 34.9 Å². The molecular weight excluding hydrogens is 349 g/mol. The molecule has 1 saturated carbocycles. The van der Waals surface area contributed by atoms with Crippen molar-refractivity contribution in [3.63, 3.8) is 0 Å². The summed E-state index contributed by atoms with van der Waals surface area (Å²) < 4.78 is 12.8. The highest BCUT2D eigenvalue weighted by atomic mass is 32.1. The Hall–Kier alpha value is -1.82. The Balaban J connectivity index is 1.34. The number of nitrogens with one attached hydrogen (secondary N) is 1. The molecule has 6 heteroatoms. The Kier molecular flexibility index (Phi) is 7.12. The van der Waals surface area contributed by atoms with E-state index in [9.17, 15) is 9.18 Å². The third-order valence-electron chi connectivity index (χ3n) is 5.00. The van der Waals surface area contributed by atoms with Crippen LogP contribution in [0.15, 0.2) is 29.9 Å². The number of hydrogen-bond donors (Lipinski definition) is 1. The average Bonchev–Trinajstić information content (AvgIpc) is 3.17. The van der Waals surface area contributed by atoms with Crippen molar-refractivity contribution < 1.29 is 9.18 Å². The Labute approximate surface area is 158 Å². The maximum atomic E-state index is 12.8. The van der Waals surface area contributed by atoms with Crippen molar-refractivity contribution >= 4 is 17.2 Å². The molecule has 0 spiro atoms. The van der Waals surface area contributed by atoms with Crippen LogP contribution in [0.4, 0.5) is 4.39 Å². The molecule has 1 aliphatic carbocycles. The summed E-state index contributed by atoms with van der Waals surface area (Å²) in [6.45, 7) is 0.398. The van der Waals surface area contributed by atoms with Crippen LogP contribution in [0.25, 0.3) is 11.3 Å². The Bertz CT molecular complexity index is 691. The summed E-state index contributed by atoms with van der Waals surface area (Å²) in [6.07, 6.45) is 9.95. The highest BCUT2D eigenvalue weighted by Crippen LogP contribution is 2.29. The first kappa shape index (κ1) is 19.0. The molecule has 0 aromatic carbocycles. The maximum Gasteiger partial charge on any atom is 0.223 e. The monoisotopic (exact) mass is 375 g/mol. The van der Waals surface area contributed by atoms with Crippen LogP contribution in [0.5, 0.6) is 0 Å². The predicted octanol–water partition coefficient (Wildman–Crippen LogP) is 4.42. The van der Waals surface area contributed by atoms with E-state index in [0.717, 1.165) is 54.8 Å². The number of aryl methyl sites for hydroxylation is 1. The van der Waals surface area contributed by atoms with Gasteiger partial charge in [0.05, 0.1) is 17.4 Å². The topological polar surface area (TPSA) is 54.9 Å². The molecule has 2 atom stereocenters. The number of nitrogens with zero attached hydrogens (tertiary/aromatic N) is 2. The lowest BCUT2D eigenvalue weighted by atomic mass is 9.81. The molecule has 3 rings (SSSR count). The van der Waals surface area contributed by atoms with Crippen LogP contribution < -0.4 is 5.32 Å². The van der Waals surface area contributed by atoms with Gasteiger partial charge in [0.15, 0.2) is 0 Å². The van der Waals surface area contributed by atoms with E-state index in [0.29, 0.717) is 13.0 Å². The Morgan fingerprint density at radius 3 is 3.08 bits per heavy atom.